The van der Waals surface area contributed by atoms with Crippen LogP contribution >= 0.6 is 0 Å². The Balaban J connectivity index is 1.97. The molecule has 0 bridgehead atoms. The molecular weight excluding hydrogens is 290 g/mol. The summed E-state index contributed by atoms with van der Waals surface area (Å²) in [6.07, 6.45) is 8.36. The second-order valence-electron chi connectivity index (χ2n) is 6.16. The van der Waals surface area contributed by atoms with E-state index < -0.39 is 5.91 Å². The van der Waals surface area contributed by atoms with Crippen LogP contribution in [0.25, 0.3) is 0 Å². The Labute approximate surface area is 138 Å². The van der Waals surface area contributed by atoms with Crippen LogP contribution in [0.5, 0.6) is 0 Å². The molecule has 126 valence electrons. The first-order chi connectivity index (χ1) is 11.1. The van der Waals surface area contributed by atoms with Crippen LogP contribution in [0.2, 0.25) is 0 Å². The maximum atomic E-state index is 12.4. The lowest BCUT2D eigenvalue weighted by Gasteiger charge is -2.28. The van der Waals surface area contributed by atoms with Crippen molar-refractivity contribution in [1.29, 1.82) is 0 Å². The van der Waals surface area contributed by atoms with Crippen molar-refractivity contribution in [3.63, 3.8) is 0 Å². The molecule has 2 heterocycles. The summed E-state index contributed by atoms with van der Waals surface area (Å²) in [5.74, 6) is 0.111. The summed E-state index contributed by atoms with van der Waals surface area (Å²) in [5.41, 5.74) is 6.85. The molecule has 0 spiro atoms. The molecule has 0 saturated carbocycles. The van der Waals surface area contributed by atoms with Crippen molar-refractivity contribution in [1.82, 2.24) is 9.47 Å². The van der Waals surface area contributed by atoms with E-state index >= 15 is 0 Å². The Kier molecular flexibility index (Phi) is 6.02. The Hall–Kier alpha value is -2.04. The van der Waals surface area contributed by atoms with E-state index in [2.05, 4.69) is 19.9 Å². The van der Waals surface area contributed by atoms with E-state index in [0.29, 0.717) is 31.2 Å². The molecule has 2 amide bonds. The average Bonchev–Trinajstić information content (AvgIpc) is 2.98. The van der Waals surface area contributed by atoms with Gasteiger partial charge in [0.05, 0.1) is 6.54 Å². The summed E-state index contributed by atoms with van der Waals surface area (Å²) >= 11 is 0. The molecule has 5 nitrogen and oxygen atoms in total. The molecular formula is C18H27N3O2. The minimum absolute atomic E-state index is 0.0491. The second-order valence-corrected chi connectivity index (χ2v) is 6.16. The lowest BCUT2D eigenvalue weighted by atomic mass is 9.99. The third kappa shape index (κ3) is 4.24. The first-order valence-electron chi connectivity index (χ1n) is 8.52. The molecule has 5 heteroatoms. The van der Waals surface area contributed by atoms with E-state index in [9.17, 15) is 9.59 Å². The van der Waals surface area contributed by atoms with Gasteiger partial charge >= 0.3 is 0 Å². The molecule has 0 aliphatic carbocycles. The second kappa shape index (κ2) is 7.99. The zero-order valence-electron chi connectivity index (χ0n) is 14.1. The number of aromatic nitrogens is 1. The van der Waals surface area contributed by atoms with Gasteiger partial charge in [0.1, 0.15) is 5.69 Å². The van der Waals surface area contributed by atoms with Crippen LogP contribution in [0.1, 0.15) is 55.7 Å². The van der Waals surface area contributed by atoms with Gasteiger partial charge < -0.3 is 15.2 Å². The molecule has 1 aliphatic heterocycles. The number of primary amides is 1. The molecule has 0 radical (unpaired) electrons. The van der Waals surface area contributed by atoms with Crippen LogP contribution in [-0.2, 0) is 17.9 Å². The zero-order chi connectivity index (χ0) is 16.8. The summed E-state index contributed by atoms with van der Waals surface area (Å²) in [7, 11) is 0. The van der Waals surface area contributed by atoms with Crippen molar-refractivity contribution in [2.75, 3.05) is 6.54 Å². The minimum Gasteiger partial charge on any atom is -0.364 e. The van der Waals surface area contributed by atoms with Gasteiger partial charge in [-0.1, -0.05) is 32.8 Å². The fourth-order valence-electron chi connectivity index (χ4n) is 3.04. The number of allylic oxidation sites excluding steroid dienone is 1. The summed E-state index contributed by atoms with van der Waals surface area (Å²) < 4.78 is 1.91. The quantitative estimate of drug-likeness (QED) is 0.786. The summed E-state index contributed by atoms with van der Waals surface area (Å²) in [4.78, 5) is 25.6. The Bertz CT molecular complexity index is 589. The standard InChI is InChI=1S/C18H27N3O2/c1-3-5-6-14(4-2)7-10-17(22)20-11-12-21-15(13-20)8-9-16(21)18(19)23/h7-10,14H,3-6,11-13H2,1-2H3,(H2,19,23)/b10-7+/t14-/m0/s1. The van der Waals surface area contributed by atoms with E-state index in [4.69, 9.17) is 5.73 Å². The van der Waals surface area contributed by atoms with Gasteiger partial charge in [-0.3, -0.25) is 9.59 Å². The number of amides is 2. The highest BCUT2D eigenvalue weighted by Gasteiger charge is 2.22. The maximum Gasteiger partial charge on any atom is 0.265 e. The normalized spacial score (nSPS) is 15.7. The molecule has 1 aromatic heterocycles. The lowest BCUT2D eigenvalue weighted by molar-refractivity contribution is -0.127. The van der Waals surface area contributed by atoms with Crippen molar-refractivity contribution in [2.24, 2.45) is 11.7 Å². The predicted molar refractivity (Wildman–Crippen MR) is 90.8 cm³/mol. The van der Waals surface area contributed by atoms with Crippen LogP contribution in [0.3, 0.4) is 0 Å². The number of fused-ring (bicyclic) bond motifs is 1. The van der Waals surface area contributed by atoms with Crippen LogP contribution in [0.15, 0.2) is 24.3 Å². The number of unbranched alkanes of at least 4 members (excludes halogenated alkanes) is 1. The van der Waals surface area contributed by atoms with Gasteiger partial charge in [0.2, 0.25) is 5.91 Å². The topological polar surface area (TPSA) is 68.3 Å². The monoisotopic (exact) mass is 317 g/mol. The van der Waals surface area contributed by atoms with Crippen molar-refractivity contribution in [2.45, 2.75) is 52.6 Å². The lowest BCUT2D eigenvalue weighted by Crippen LogP contribution is -2.38. The highest BCUT2D eigenvalue weighted by atomic mass is 16.2. The molecule has 2 rings (SSSR count). The summed E-state index contributed by atoms with van der Waals surface area (Å²) in [5, 5.41) is 0. The van der Waals surface area contributed by atoms with Gasteiger partial charge in [-0.15, -0.1) is 0 Å². The van der Waals surface area contributed by atoms with Crippen molar-refractivity contribution in [3.8, 4) is 0 Å². The Morgan fingerprint density at radius 2 is 2.09 bits per heavy atom. The van der Waals surface area contributed by atoms with E-state index in [1.165, 1.54) is 12.8 Å². The largest absolute Gasteiger partial charge is 0.364 e. The smallest absolute Gasteiger partial charge is 0.265 e. The molecule has 0 saturated heterocycles. The van der Waals surface area contributed by atoms with Gasteiger partial charge in [-0.25, -0.2) is 0 Å². The third-order valence-corrected chi connectivity index (χ3v) is 4.55. The highest BCUT2D eigenvalue weighted by molar-refractivity contribution is 5.91. The van der Waals surface area contributed by atoms with E-state index in [1.807, 2.05) is 15.5 Å². The van der Waals surface area contributed by atoms with Gasteiger partial charge in [0, 0.05) is 18.8 Å². The van der Waals surface area contributed by atoms with E-state index in [0.717, 1.165) is 18.5 Å². The fourth-order valence-corrected chi connectivity index (χ4v) is 3.04. The minimum atomic E-state index is -0.419. The van der Waals surface area contributed by atoms with Crippen molar-refractivity contribution >= 4 is 11.8 Å². The molecule has 0 fully saturated rings. The van der Waals surface area contributed by atoms with Crippen LogP contribution in [0.4, 0.5) is 0 Å². The maximum absolute atomic E-state index is 12.4. The van der Waals surface area contributed by atoms with Crippen LogP contribution in [0, 0.1) is 5.92 Å². The highest BCUT2D eigenvalue weighted by Crippen LogP contribution is 2.18. The zero-order valence-corrected chi connectivity index (χ0v) is 14.1. The number of rotatable bonds is 7. The third-order valence-electron chi connectivity index (χ3n) is 4.55. The fraction of sp³-hybridized carbons (Fsp3) is 0.556. The number of nitrogens with two attached hydrogens (primary N) is 1. The molecule has 2 N–H and O–H groups in total. The predicted octanol–water partition coefficient (Wildman–Crippen LogP) is 2.70. The first kappa shape index (κ1) is 17.3. The van der Waals surface area contributed by atoms with Gasteiger partial charge in [-0.05, 0) is 37.0 Å². The molecule has 1 aromatic rings. The first-order valence-corrected chi connectivity index (χ1v) is 8.52. The van der Waals surface area contributed by atoms with Crippen molar-refractivity contribution < 1.29 is 9.59 Å². The number of carbonyl (C=O) groups is 2. The molecule has 1 atom stereocenters. The van der Waals surface area contributed by atoms with Crippen LogP contribution in [-0.4, -0.2) is 27.8 Å². The molecule has 0 unspecified atom stereocenters. The Morgan fingerprint density at radius 1 is 1.30 bits per heavy atom. The number of hydrogen-bond acceptors (Lipinski definition) is 2. The van der Waals surface area contributed by atoms with Gasteiger partial charge in [0.15, 0.2) is 0 Å². The SMILES string of the molecule is CCCC[C@@H](/C=C/C(=O)N1CCn2c(ccc2C(N)=O)C1)CC. The van der Waals surface area contributed by atoms with E-state index in [1.54, 1.807) is 12.1 Å². The number of hydrogen-bond donors (Lipinski definition) is 1. The summed E-state index contributed by atoms with van der Waals surface area (Å²) in [6.45, 7) is 6.10. The van der Waals surface area contributed by atoms with Gasteiger partial charge in [0.25, 0.3) is 5.91 Å². The Morgan fingerprint density at radius 3 is 2.74 bits per heavy atom. The summed E-state index contributed by atoms with van der Waals surface area (Å²) in [6, 6.07) is 3.61. The molecule has 23 heavy (non-hydrogen) atoms. The molecule has 1 aliphatic rings. The molecule has 0 aromatic carbocycles. The average molecular weight is 317 g/mol. The number of carbonyl (C=O) groups excluding carboxylic acids is 2. The van der Waals surface area contributed by atoms with Crippen LogP contribution < -0.4 is 5.73 Å². The van der Waals surface area contributed by atoms with Gasteiger partial charge in [-0.2, -0.15) is 0 Å². The number of nitrogens with zero attached hydrogens (tertiary/aromatic N) is 2. The van der Waals surface area contributed by atoms with Crippen molar-refractivity contribution in [3.05, 3.63) is 35.7 Å². The van der Waals surface area contributed by atoms with E-state index in [-0.39, 0.29) is 5.91 Å².